The smallest absolute Gasteiger partial charge is 0.234 e. The van der Waals surface area contributed by atoms with Crippen molar-refractivity contribution in [2.45, 2.75) is 26.8 Å². The monoisotopic (exact) mass is 220 g/mol. The van der Waals surface area contributed by atoms with E-state index in [1.54, 1.807) is 0 Å². The van der Waals surface area contributed by atoms with E-state index in [1.807, 2.05) is 0 Å². The van der Waals surface area contributed by atoms with Gasteiger partial charge in [-0.25, -0.2) is 0 Å². The molecule has 0 aromatic heterocycles. The molecule has 0 saturated heterocycles. The summed E-state index contributed by atoms with van der Waals surface area (Å²) in [7, 11) is 0. The molecule has 0 atom stereocenters. The summed E-state index contributed by atoms with van der Waals surface area (Å²) in [6.07, 6.45) is 1.09. The van der Waals surface area contributed by atoms with Crippen LogP contribution in [-0.4, -0.2) is 12.5 Å². The highest BCUT2D eigenvalue weighted by atomic mass is 16.1. The molecule has 16 heavy (non-hydrogen) atoms. The van der Waals surface area contributed by atoms with Gasteiger partial charge in [0.05, 0.1) is 6.54 Å². The molecule has 0 radical (unpaired) electrons. The molecule has 0 aliphatic rings. The van der Waals surface area contributed by atoms with Crippen LogP contribution in [0.25, 0.3) is 0 Å². The Balaban J connectivity index is 2.48. The predicted molar refractivity (Wildman–Crippen MR) is 65.9 cm³/mol. The van der Waals surface area contributed by atoms with Crippen molar-refractivity contribution in [3.8, 4) is 0 Å². The van der Waals surface area contributed by atoms with Crippen LogP contribution in [0.2, 0.25) is 0 Å². The average molecular weight is 220 g/mol. The SMILES string of the molecule is CC(C)Cc1ccc(CNC(=O)CN)cc1. The van der Waals surface area contributed by atoms with Gasteiger partial charge in [0.25, 0.3) is 0 Å². The lowest BCUT2D eigenvalue weighted by atomic mass is 10.0. The van der Waals surface area contributed by atoms with Gasteiger partial charge in [0.15, 0.2) is 0 Å². The van der Waals surface area contributed by atoms with E-state index in [0.717, 1.165) is 12.0 Å². The van der Waals surface area contributed by atoms with Gasteiger partial charge in [0.1, 0.15) is 0 Å². The highest BCUT2D eigenvalue weighted by Crippen LogP contribution is 2.09. The number of nitrogens with two attached hydrogens (primary N) is 1. The van der Waals surface area contributed by atoms with Crippen LogP contribution < -0.4 is 11.1 Å². The lowest BCUT2D eigenvalue weighted by Crippen LogP contribution is -2.29. The number of carbonyl (C=O) groups excluding carboxylic acids is 1. The predicted octanol–water partition coefficient (Wildman–Crippen LogP) is 1.46. The second-order valence-corrected chi connectivity index (χ2v) is 4.40. The van der Waals surface area contributed by atoms with E-state index in [2.05, 4.69) is 43.4 Å². The molecule has 0 spiro atoms. The summed E-state index contributed by atoms with van der Waals surface area (Å²) < 4.78 is 0. The van der Waals surface area contributed by atoms with Crippen molar-refractivity contribution < 1.29 is 4.79 Å². The summed E-state index contributed by atoms with van der Waals surface area (Å²) in [4.78, 5) is 11.0. The van der Waals surface area contributed by atoms with Crippen LogP contribution in [0.4, 0.5) is 0 Å². The van der Waals surface area contributed by atoms with E-state index in [0.29, 0.717) is 12.5 Å². The minimum atomic E-state index is -0.119. The molecule has 0 aliphatic carbocycles. The first-order valence-electron chi connectivity index (χ1n) is 5.66. The van der Waals surface area contributed by atoms with Crippen LogP contribution in [0.15, 0.2) is 24.3 Å². The third-order valence-corrected chi connectivity index (χ3v) is 2.34. The first-order chi connectivity index (χ1) is 7.61. The fourth-order valence-corrected chi connectivity index (χ4v) is 1.54. The Kier molecular flexibility index (Phi) is 4.99. The topological polar surface area (TPSA) is 55.1 Å². The van der Waals surface area contributed by atoms with Crippen LogP contribution >= 0.6 is 0 Å². The van der Waals surface area contributed by atoms with Gasteiger partial charge in [0.2, 0.25) is 5.91 Å². The van der Waals surface area contributed by atoms with Crippen molar-refractivity contribution in [1.82, 2.24) is 5.32 Å². The molecule has 3 nitrogen and oxygen atoms in total. The van der Waals surface area contributed by atoms with Gasteiger partial charge in [-0.3, -0.25) is 4.79 Å². The number of hydrogen-bond donors (Lipinski definition) is 2. The summed E-state index contributed by atoms with van der Waals surface area (Å²) in [5.74, 6) is 0.550. The maximum absolute atomic E-state index is 11.0. The van der Waals surface area contributed by atoms with Gasteiger partial charge in [-0.05, 0) is 23.5 Å². The van der Waals surface area contributed by atoms with Gasteiger partial charge in [0, 0.05) is 6.54 Å². The van der Waals surface area contributed by atoms with Gasteiger partial charge in [-0.1, -0.05) is 38.1 Å². The van der Waals surface area contributed by atoms with Crippen molar-refractivity contribution in [2.24, 2.45) is 11.7 Å². The Morgan fingerprint density at radius 1 is 1.25 bits per heavy atom. The Hall–Kier alpha value is -1.35. The number of amides is 1. The van der Waals surface area contributed by atoms with Crippen molar-refractivity contribution in [2.75, 3.05) is 6.54 Å². The van der Waals surface area contributed by atoms with Gasteiger partial charge < -0.3 is 11.1 Å². The largest absolute Gasteiger partial charge is 0.351 e. The fourth-order valence-electron chi connectivity index (χ4n) is 1.54. The third-order valence-electron chi connectivity index (χ3n) is 2.34. The molecule has 88 valence electrons. The lowest BCUT2D eigenvalue weighted by Gasteiger charge is -2.07. The Bertz CT molecular complexity index is 330. The molecule has 3 heteroatoms. The lowest BCUT2D eigenvalue weighted by molar-refractivity contribution is -0.119. The van der Waals surface area contributed by atoms with E-state index in [-0.39, 0.29) is 12.5 Å². The Morgan fingerprint density at radius 3 is 2.31 bits per heavy atom. The molecule has 1 aromatic rings. The van der Waals surface area contributed by atoms with Crippen LogP contribution in [0.5, 0.6) is 0 Å². The van der Waals surface area contributed by atoms with Gasteiger partial charge in [-0.15, -0.1) is 0 Å². The zero-order valence-electron chi connectivity index (χ0n) is 9.99. The van der Waals surface area contributed by atoms with E-state index in [4.69, 9.17) is 5.73 Å². The molecule has 0 unspecified atom stereocenters. The molecule has 0 bridgehead atoms. The number of nitrogens with one attached hydrogen (secondary N) is 1. The van der Waals surface area contributed by atoms with Gasteiger partial charge in [-0.2, -0.15) is 0 Å². The second-order valence-electron chi connectivity index (χ2n) is 4.40. The van der Waals surface area contributed by atoms with Gasteiger partial charge >= 0.3 is 0 Å². The minimum absolute atomic E-state index is 0.0471. The molecule has 1 rings (SSSR count). The summed E-state index contributed by atoms with van der Waals surface area (Å²) in [6, 6.07) is 8.33. The first kappa shape index (κ1) is 12.7. The number of rotatable bonds is 5. The maximum Gasteiger partial charge on any atom is 0.234 e. The zero-order chi connectivity index (χ0) is 12.0. The number of hydrogen-bond acceptors (Lipinski definition) is 2. The van der Waals surface area contributed by atoms with Crippen LogP contribution in [0.3, 0.4) is 0 Å². The first-order valence-corrected chi connectivity index (χ1v) is 5.66. The molecule has 0 aliphatic heterocycles. The zero-order valence-corrected chi connectivity index (χ0v) is 9.99. The normalized spacial score (nSPS) is 10.5. The fraction of sp³-hybridized carbons (Fsp3) is 0.462. The maximum atomic E-state index is 11.0. The summed E-state index contributed by atoms with van der Waals surface area (Å²) in [5.41, 5.74) is 7.65. The van der Waals surface area contributed by atoms with Crippen molar-refractivity contribution in [1.29, 1.82) is 0 Å². The average Bonchev–Trinajstić information content (AvgIpc) is 2.27. The standard InChI is InChI=1S/C13H20N2O/c1-10(2)7-11-3-5-12(6-4-11)9-15-13(16)8-14/h3-6,10H,7-9,14H2,1-2H3,(H,15,16). The number of carbonyl (C=O) groups is 1. The molecule has 0 fully saturated rings. The summed E-state index contributed by atoms with van der Waals surface area (Å²) >= 11 is 0. The Labute approximate surface area is 97.0 Å². The molecule has 0 saturated carbocycles. The molecule has 0 heterocycles. The van der Waals surface area contributed by atoms with Crippen LogP contribution in [-0.2, 0) is 17.8 Å². The van der Waals surface area contributed by atoms with E-state index < -0.39 is 0 Å². The molecule has 1 aromatic carbocycles. The number of benzene rings is 1. The molecule has 3 N–H and O–H groups in total. The van der Waals surface area contributed by atoms with Crippen molar-refractivity contribution >= 4 is 5.91 Å². The van der Waals surface area contributed by atoms with Crippen LogP contribution in [0, 0.1) is 5.92 Å². The molecular formula is C13H20N2O. The molecule has 1 amide bonds. The second kappa shape index (κ2) is 6.28. The van der Waals surface area contributed by atoms with E-state index >= 15 is 0 Å². The van der Waals surface area contributed by atoms with E-state index in [1.165, 1.54) is 5.56 Å². The molecular weight excluding hydrogens is 200 g/mol. The van der Waals surface area contributed by atoms with Crippen molar-refractivity contribution in [3.05, 3.63) is 35.4 Å². The Morgan fingerprint density at radius 2 is 1.81 bits per heavy atom. The third kappa shape index (κ3) is 4.45. The minimum Gasteiger partial charge on any atom is -0.351 e. The summed E-state index contributed by atoms with van der Waals surface area (Å²) in [6.45, 7) is 5.01. The van der Waals surface area contributed by atoms with Crippen molar-refractivity contribution in [3.63, 3.8) is 0 Å². The summed E-state index contributed by atoms with van der Waals surface area (Å²) in [5, 5.41) is 2.74. The van der Waals surface area contributed by atoms with E-state index in [9.17, 15) is 4.79 Å². The highest BCUT2D eigenvalue weighted by molar-refractivity contribution is 5.77. The quantitative estimate of drug-likeness (QED) is 0.789. The highest BCUT2D eigenvalue weighted by Gasteiger charge is 2.00. The van der Waals surface area contributed by atoms with Crippen LogP contribution in [0.1, 0.15) is 25.0 Å².